The molecule has 0 aliphatic heterocycles. The summed E-state index contributed by atoms with van der Waals surface area (Å²) in [5.74, 6) is 2.31. The van der Waals surface area contributed by atoms with Crippen LogP contribution in [0.2, 0.25) is 0 Å². The fourth-order valence-corrected chi connectivity index (χ4v) is 0.699. The average molecular weight is 182 g/mol. The Labute approximate surface area is 80.6 Å². The number of rotatable bonds is 4. The number of ether oxygens (including phenoxy) is 1. The first-order chi connectivity index (χ1) is 5.83. The first-order valence-corrected chi connectivity index (χ1v) is 4.26. The molecule has 1 atom stereocenters. The van der Waals surface area contributed by atoms with Gasteiger partial charge in [0.2, 0.25) is 0 Å². The normalized spacial score (nSPS) is 16.9. The molecule has 0 saturated carbocycles. The van der Waals surface area contributed by atoms with Crippen molar-refractivity contribution in [3.05, 3.63) is 12.2 Å². The molecule has 13 heavy (non-hydrogen) atoms. The van der Waals surface area contributed by atoms with E-state index in [1.807, 2.05) is 26.0 Å². The maximum atomic E-state index is 9.46. The fraction of sp³-hybridized carbons (Fsp3) is 0.636. The predicted octanol–water partition coefficient (Wildman–Crippen LogP) is 1.74. The highest BCUT2D eigenvalue weighted by molar-refractivity contribution is 5.09. The minimum absolute atomic E-state index is 0.301. The second kappa shape index (κ2) is 4.45. The molecular formula is C11H18O2. The van der Waals surface area contributed by atoms with Crippen molar-refractivity contribution in [2.75, 3.05) is 7.11 Å². The molecule has 0 fully saturated rings. The third-order valence-electron chi connectivity index (χ3n) is 1.87. The molecule has 0 aromatic rings. The van der Waals surface area contributed by atoms with Crippen molar-refractivity contribution in [3.63, 3.8) is 0 Å². The second-order valence-corrected chi connectivity index (χ2v) is 3.83. The van der Waals surface area contributed by atoms with E-state index in [2.05, 4.69) is 5.92 Å². The lowest BCUT2D eigenvalue weighted by Gasteiger charge is -2.19. The van der Waals surface area contributed by atoms with Crippen LogP contribution in [0.5, 0.6) is 0 Å². The third kappa shape index (κ3) is 5.46. The molecule has 2 nitrogen and oxygen atoms in total. The molecule has 74 valence electrons. The van der Waals surface area contributed by atoms with E-state index < -0.39 is 5.60 Å². The van der Waals surface area contributed by atoms with Gasteiger partial charge in [0.05, 0.1) is 5.60 Å². The van der Waals surface area contributed by atoms with Crippen molar-refractivity contribution in [1.29, 1.82) is 0 Å². The Balaban J connectivity index is 4.11. The summed E-state index contributed by atoms with van der Waals surface area (Å²) < 4.78 is 5.17. The third-order valence-corrected chi connectivity index (χ3v) is 1.87. The van der Waals surface area contributed by atoms with E-state index >= 15 is 0 Å². The van der Waals surface area contributed by atoms with E-state index in [0.29, 0.717) is 6.42 Å². The van der Waals surface area contributed by atoms with Crippen LogP contribution in [0.15, 0.2) is 12.2 Å². The number of methoxy groups -OCH3 is 1. The maximum absolute atomic E-state index is 9.46. The van der Waals surface area contributed by atoms with Crippen LogP contribution in [-0.4, -0.2) is 23.4 Å². The van der Waals surface area contributed by atoms with Gasteiger partial charge in [-0.1, -0.05) is 18.1 Å². The van der Waals surface area contributed by atoms with Gasteiger partial charge in [-0.05, 0) is 20.8 Å². The number of aliphatic hydroxyl groups is 1. The molecule has 0 amide bonds. The molecule has 0 heterocycles. The van der Waals surface area contributed by atoms with Gasteiger partial charge in [0, 0.05) is 13.5 Å². The largest absolute Gasteiger partial charge is 0.378 e. The summed E-state index contributed by atoms with van der Waals surface area (Å²) in [7, 11) is 1.64. The molecule has 0 bridgehead atoms. The lowest BCUT2D eigenvalue weighted by Crippen LogP contribution is -2.22. The van der Waals surface area contributed by atoms with Gasteiger partial charge < -0.3 is 9.84 Å². The van der Waals surface area contributed by atoms with E-state index in [4.69, 9.17) is 11.2 Å². The van der Waals surface area contributed by atoms with Gasteiger partial charge in [0.1, 0.15) is 5.60 Å². The molecule has 0 aromatic heterocycles. The van der Waals surface area contributed by atoms with Gasteiger partial charge >= 0.3 is 0 Å². The topological polar surface area (TPSA) is 29.5 Å². The molecule has 1 N–H and O–H groups in total. The zero-order valence-electron chi connectivity index (χ0n) is 8.79. The SMILES string of the molecule is C#CC(C)(O)CC=CC(C)(C)OC. The lowest BCUT2D eigenvalue weighted by molar-refractivity contribution is 0.0646. The predicted molar refractivity (Wildman–Crippen MR) is 54.3 cm³/mol. The minimum atomic E-state index is -1.06. The van der Waals surface area contributed by atoms with E-state index in [9.17, 15) is 5.11 Å². The summed E-state index contributed by atoms with van der Waals surface area (Å²) in [5.41, 5.74) is -1.36. The molecule has 0 saturated heterocycles. The number of hydrogen-bond donors (Lipinski definition) is 1. The molecule has 1 unspecified atom stereocenters. The smallest absolute Gasteiger partial charge is 0.125 e. The summed E-state index contributed by atoms with van der Waals surface area (Å²) in [5, 5.41) is 9.46. The fourth-order valence-electron chi connectivity index (χ4n) is 0.699. The first-order valence-electron chi connectivity index (χ1n) is 4.26. The van der Waals surface area contributed by atoms with E-state index in [0.717, 1.165) is 0 Å². The Morgan fingerprint density at radius 2 is 2.00 bits per heavy atom. The number of terminal acetylenes is 1. The molecule has 0 radical (unpaired) electrons. The molecule has 0 aliphatic rings. The molecule has 0 aromatic carbocycles. The molecule has 2 heteroatoms. The maximum Gasteiger partial charge on any atom is 0.125 e. The quantitative estimate of drug-likeness (QED) is 0.530. The Bertz CT molecular complexity index is 219. The van der Waals surface area contributed by atoms with Gasteiger partial charge in [0.15, 0.2) is 0 Å². The van der Waals surface area contributed by atoms with E-state index in [1.54, 1.807) is 14.0 Å². The Kier molecular flexibility index (Phi) is 4.19. The second-order valence-electron chi connectivity index (χ2n) is 3.83. The van der Waals surface area contributed by atoms with Crippen molar-refractivity contribution >= 4 is 0 Å². The van der Waals surface area contributed by atoms with Gasteiger partial charge in [-0.25, -0.2) is 0 Å². The summed E-state index contributed by atoms with van der Waals surface area (Å²) >= 11 is 0. The van der Waals surface area contributed by atoms with E-state index in [-0.39, 0.29) is 5.60 Å². The first kappa shape index (κ1) is 12.2. The van der Waals surface area contributed by atoms with Crippen LogP contribution in [0.1, 0.15) is 27.2 Å². The number of hydrogen-bond acceptors (Lipinski definition) is 2. The van der Waals surface area contributed by atoms with Gasteiger partial charge in [0.25, 0.3) is 0 Å². The monoisotopic (exact) mass is 182 g/mol. The standard InChI is InChI=1S/C11H18O2/c1-6-11(4,12)9-7-8-10(2,3)13-5/h1,7-8,12H,9H2,2-5H3. The van der Waals surface area contributed by atoms with Crippen molar-refractivity contribution < 1.29 is 9.84 Å². The zero-order chi connectivity index (χ0) is 10.5. The van der Waals surface area contributed by atoms with Gasteiger partial charge in [-0.15, -0.1) is 6.42 Å². The highest BCUT2D eigenvalue weighted by Gasteiger charge is 2.15. The Hall–Kier alpha value is -0.780. The van der Waals surface area contributed by atoms with Crippen molar-refractivity contribution in [2.45, 2.75) is 38.4 Å². The average Bonchev–Trinajstić information content (AvgIpc) is 2.04. The Morgan fingerprint density at radius 3 is 2.38 bits per heavy atom. The van der Waals surface area contributed by atoms with Crippen LogP contribution in [-0.2, 0) is 4.74 Å². The zero-order valence-corrected chi connectivity index (χ0v) is 8.79. The minimum Gasteiger partial charge on any atom is -0.378 e. The van der Waals surface area contributed by atoms with E-state index in [1.165, 1.54) is 0 Å². The van der Waals surface area contributed by atoms with Crippen LogP contribution in [0.4, 0.5) is 0 Å². The highest BCUT2D eigenvalue weighted by atomic mass is 16.5. The molecule has 0 spiro atoms. The lowest BCUT2D eigenvalue weighted by atomic mass is 10.0. The van der Waals surface area contributed by atoms with Gasteiger partial charge in [-0.2, -0.15) is 0 Å². The molecule has 0 rings (SSSR count). The summed E-state index contributed by atoms with van der Waals surface area (Å²) in [6, 6.07) is 0. The highest BCUT2D eigenvalue weighted by Crippen LogP contribution is 2.13. The van der Waals surface area contributed by atoms with Crippen LogP contribution < -0.4 is 0 Å². The van der Waals surface area contributed by atoms with Crippen molar-refractivity contribution in [3.8, 4) is 12.3 Å². The summed E-state index contributed by atoms with van der Waals surface area (Å²) in [6.07, 6.45) is 9.29. The van der Waals surface area contributed by atoms with Gasteiger partial charge in [-0.3, -0.25) is 0 Å². The van der Waals surface area contributed by atoms with Crippen molar-refractivity contribution in [2.24, 2.45) is 0 Å². The van der Waals surface area contributed by atoms with Crippen molar-refractivity contribution in [1.82, 2.24) is 0 Å². The van der Waals surface area contributed by atoms with Crippen LogP contribution >= 0.6 is 0 Å². The summed E-state index contributed by atoms with van der Waals surface area (Å²) in [4.78, 5) is 0. The summed E-state index contributed by atoms with van der Waals surface area (Å²) in [6.45, 7) is 5.49. The van der Waals surface area contributed by atoms with Crippen LogP contribution in [0.25, 0.3) is 0 Å². The molecule has 0 aliphatic carbocycles. The Morgan fingerprint density at radius 1 is 1.46 bits per heavy atom. The van der Waals surface area contributed by atoms with Crippen LogP contribution in [0, 0.1) is 12.3 Å². The molecular weight excluding hydrogens is 164 g/mol. The van der Waals surface area contributed by atoms with Crippen LogP contribution in [0.3, 0.4) is 0 Å².